The topological polar surface area (TPSA) is 72.0 Å². The lowest BCUT2D eigenvalue weighted by Gasteiger charge is -2.43. The molecule has 7 nitrogen and oxygen atoms in total. The van der Waals surface area contributed by atoms with Gasteiger partial charge in [0.15, 0.2) is 0 Å². The Kier molecular flexibility index (Phi) is 8.06. The van der Waals surface area contributed by atoms with Crippen LogP contribution >= 0.6 is 11.6 Å². The van der Waals surface area contributed by atoms with Gasteiger partial charge in [-0.25, -0.2) is 0 Å². The molecule has 0 bridgehead atoms. The average molecular weight is 486 g/mol. The lowest BCUT2D eigenvalue weighted by molar-refractivity contribution is -0.166. The summed E-state index contributed by atoms with van der Waals surface area (Å²) < 4.78 is 12.3. The third-order valence-electron chi connectivity index (χ3n) is 6.49. The van der Waals surface area contributed by atoms with Crippen molar-refractivity contribution in [3.05, 3.63) is 58.9 Å². The van der Waals surface area contributed by atoms with E-state index in [0.717, 1.165) is 43.5 Å². The summed E-state index contributed by atoms with van der Waals surface area (Å²) in [7, 11) is 0. The predicted molar refractivity (Wildman–Crippen MR) is 130 cm³/mol. The molecule has 2 amide bonds. The van der Waals surface area contributed by atoms with Gasteiger partial charge in [-0.3, -0.25) is 14.6 Å². The molecule has 0 radical (unpaired) electrons. The first-order chi connectivity index (χ1) is 16.4. The van der Waals surface area contributed by atoms with Gasteiger partial charge in [-0.1, -0.05) is 17.7 Å². The minimum atomic E-state index is -0.912. The Balaban J connectivity index is 1.49. The van der Waals surface area contributed by atoms with E-state index in [1.54, 1.807) is 23.4 Å². The van der Waals surface area contributed by atoms with Crippen LogP contribution in [0.4, 0.5) is 0 Å². The molecule has 3 heterocycles. The number of piperidine rings is 1. The number of amides is 2. The molecule has 0 saturated carbocycles. The molecule has 0 unspecified atom stereocenters. The van der Waals surface area contributed by atoms with E-state index >= 15 is 0 Å². The lowest BCUT2D eigenvalue weighted by Crippen LogP contribution is -2.58. The molecular formula is C26H32ClN3O4. The molecule has 0 aliphatic carbocycles. The third-order valence-corrected chi connectivity index (χ3v) is 6.92. The molecule has 2 aliphatic rings. The molecule has 4 rings (SSSR count). The smallest absolute Gasteiger partial charge is 0.227 e. The fourth-order valence-electron chi connectivity index (χ4n) is 4.54. The van der Waals surface area contributed by atoms with Crippen molar-refractivity contribution in [3.63, 3.8) is 0 Å². The summed E-state index contributed by atoms with van der Waals surface area (Å²) in [6.45, 7) is 4.78. The van der Waals surface area contributed by atoms with Gasteiger partial charge in [0.05, 0.1) is 26.0 Å². The number of hydrogen-bond donors (Lipinski definition) is 0. The summed E-state index contributed by atoms with van der Waals surface area (Å²) >= 11 is 6.15. The highest BCUT2D eigenvalue weighted by molar-refractivity contribution is 6.31. The van der Waals surface area contributed by atoms with Gasteiger partial charge in [0.1, 0.15) is 18.0 Å². The molecule has 1 aromatic heterocycles. The van der Waals surface area contributed by atoms with Crippen molar-refractivity contribution in [2.45, 2.75) is 44.6 Å². The largest absolute Gasteiger partial charge is 0.490 e. The number of morpholine rings is 1. The first-order valence-corrected chi connectivity index (χ1v) is 12.3. The van der Waals surface area contributed by atoms with E-state index in [2.05, 4.69) is 4.98 Å². The highest BCUT2D eigenvalue weighted by Crippen LogP contribution is 2.28. The molecule has 182 valence electrons. The predicted octanol–water partition coefficient (Wildman–Crippen LogP) is 3.67. The van der Waals surface area contributed by atoms with Crippen molar-refractivity contribution < 1.29 is 19.1 Å². The van der Waals surface area contributed by atoms with Crippen LogP contribution in [-0.4, -0.2) is 71.6 Å². The average Bonchev–Trinajstić information content (AvgIpc) is 2.86. The second kappa shape index (κ2) is 11.2. The molecule has 34 heavy (non-hydrogen) atoms. The zero-order valence-corrected chi connectivity index (χ0v) is 20.4. The summed E-state index contributed by atoms with van der Waals surface area (Å²) in [4.78, 5) is 34.1. The van der Waals surface area contributed by atoms with Gasteiger partial charge in [-0.2, -0.15) is 0 Å². The monoisotopic (exact) mass is 485 g/mol. The Bertz CT molecular complexity index is 997. The number of hydrogen-bond acceptors (Lipinski definition) is 5. The van der Waals surface area contributed by atoms with E-state index in [0.29, 0.717) is 30.5 Å². The molecule has 1 aromatic carbocycles. The number of aromatic nitrogens is 1. The van der Waals surface area contributed by atoms with E-state index in [1.807, 2.05) is 36.1 Å². The van der Waals surface area contributed by atoms with Crippen LogP contribution in [0, 0.1) is 6.92 Å². The summed E-state index contributed by atoms with van der Waals surface area (Å²) in [5, 5.41) is 0.670. The van der Waals surface area contributed by atoms with Crippen LogP contribution in [0.3, 0.4) is 0 Å². The van der Waals surface area contributed by atoms with Gasteiger partial charge in [0.25, 0.3) is 0 Å². The molecular weight excluding hydrogens is 454 g/mol. The van der Waals surface area contributed by atoms with Crippen molar-refractivity contribution in [3.8, 4) is 5.75 Å². The van der Waals surface area contributed by atoms with Gasteiger partial charge in [-0.05, 0) is 61.6 Å². The minimum Gasteiger partial charge on any atom is -0.490 e. The fourth-order valence-corrected chi connectivity index (χ4v) is 4.66. The van der Waals surface area contributed by atoms with Gasteiger partial charge < -0.3 is 19.3 Å². The van der Waals surface area contributed by atoms with Crippen LogP contribution < -0.4 is 4.74 Å². The van der Waals surface area contributed by atoms with Gasteiger partial charge in [0, 0.05) is 37.1 Å². The molecule has 2 saturated heterocycles. The quantitative estimate of drug-likeness (QED) is 0.598. The SMILES string of the molecule is Cc1cc(OC[C@@]2(CC(=O)N3CCCCC3)CN(C(=O)Cc3cccnc3)CCO2)ccc1Cl. The van der Waals surface area contributed by atoms with E-state index < -0.39 is 5.60 Å². The molecule has 8 heteroatoms. The number of nitrogens with zero attached hydrogens (tertiary/aromatic N) is 3. The number of carbonyl (C=O) groups is 2. The lowest BCUT2D eigenvalue weighted by atomic mass is 9.95. The van der Waals surface area contributed by atoms with Crippen LogP contribution in [0.2, 0.25) is 5.02 Å². The normalized spacial score (nSPS) is 20.8. The number of aryl methyl sites for hydroxylation is 1. The Labute approximate surface area is 206 Å². The second-order valence-electron chi connectivity index (χ2n) is 9.20. The zero-order chi connectivity index (χ0) is 24.0. The van der Waals surface area contributed by atoms with Crippen molar-refractivity contribution >= 4 is 23.4 Å². The maximum atomic E-state index is 13.2. The number of pyridine rings is 1. The van der Waals surface area contributed by atoms with Crippen LogP contribution in [0.25, 0.3) is 0 Å². The van der Waals surface area contributed by atoms with Gasteiger partial charge >= 0.3 is 0 Å². The van der Waals surface area contributed by atoms with Crippen LogP contribution in [0.15, 0.2) is 42.7 Å². The Morgan fingerprint density at radius 3 is 2.68 bits per heavy atom. The number of benzene rings is 1. The van der Waals surface area contributed by atoms with Crippen LogP contribution in [-0.2, 0) is 20.7 Å². The number of likely N-dealkylation sites (tertiary alicyclic amines) is 1. The molecule has 0 spiro atoms. The highest BCUT2D eigenvalue weighted by atomic mass is 35.5. The number of rotatable bonds is 7. The first kappa shape index (κ1) is 24.5. The number of halogens is 1. The van der Waals surface area contributed by atoms with Crippen molar-refractivity contribution in [2.24, 2.45) is 0 Å². The van der Waals surface area contributed by atoms with E-state index in [4.69, 9.17) is 21.1 Å². The highest BCUT2D eigenvalue weighted by Gasteiger charge is 2.42. The zero-order valence-electron chi connectivity index (χ0n) is 19.7. The third kappa shape index (κ3) is 6.27. The van der Waals surface area contributed by atoms with Crippen LogP contribution in [0.1, 0.15) is 36.8 Å². The Morgan fingerprint density at radius 2 is 1.94 bits per heavy atom. The molecule has 0 N–H and O–H groups in total. The minimum absolute atomic E-state index is 0.00608. The fraction of sp³-hybridized carbons (Fsp3) is 0.500. The first-order valence-electron chi connectivity index (χ1n) is 11.9. The van der Waals surface area contributed by atoms with E-state index in [1.165, 1.54) is 0 Å². The molecule has 2 aromatic rings. The molecule has 2 aliphatic heterocycles. The van der Waals surface area contributed by atoms with Gasteiger partial charge in [-0.15, -0.1) is 0 Å². The Morgan fingerprint density at radius 1 is 1.12 bits per heavy atom. The summed E-state index contributed by atoms with van der Waals surface area (Å²) in [6.07, 6.45) is 7.04. The molecule has 1 atom stereocenters. The van der Waals surface area contributed by atoms with Gasteiger partial charge in [0.2, 0.25) is 11.8 Å². The summed E-state index contributed by atoms with van der Waals surface area (Å²) in [6, 6.07) is 9.19. The summed E-state index contributed by atoms with van der Waals surface area (Å²) in [5.41, 5.74) is 0.864. The maximum absolute atomic E-state index is 13.2. The van der Waals surface area contributed by atoms with Crippen molar-refractivity contribution in [1.29, 1.82) is 0 Å². The van der Waals surface area contributed by atoms with Crippen molar-refractivity contribution in [1.82, 2.24) is 14.8 Å². The van der Waals surface area contributed by atoms with Crippen LogP contribution in [0.5, 0.6) is 5.75 Å². The Hall–Kier alpha value is -2.64. The number of ether oxygens (including phenoxy) is 2. The molecule has 2 fully saturated rings. The summed E-state index contributed by atoms with van der Waals surface area (Å²) in [5.74, 6) is 0.708. The maximum Gasteiger partial charge on any atom is 0.227 e. The number of carbonyl (C=O) groups excluding carboxylic acids is 2. The van der Waals surface area contributed by atoms with Crippen molar-refractivity contribution in [2.75, 3.05) is 39.4 Å². The van der Waals surface area contributed by atoms with E-state index in [-0.39, 0.29) is 31.3 Å². The van der Waals surface area contributed by atoms with E-state index in [9.17, 15) is 9.59 Å². The second-order valence-corrected chi connectivity index (χ2v) is 9.61. The standard InChI is InChI=1S/C26H32ClN3O4/c1-20-14-22(7-8-23(20)27)33-19-26(16-25(32)29-10-3-2-4-11-29)18-30(12-13-34-26)24(31)15-21-6-5-9-28-17-21/h5-9,14,17H,2-4,10-13,15-16,18-19H2,1H3/t26-/m1/s1.